The Labute approximate surface area is 215 Å². The molecule has 2 saturated carbocycles. The first-order valence-electron chi connectivity index (χ1n) is 13.1. The molecule has 2 heterocycles. The van der Waals surface area contributed by atoms with Gasteiger partial charge in [-0.05, 0) is 79.3 Å². The lowest BCUT2D eigenvalue weighted by molar-refractivity contribution is -0.139. The average molecular weight is 497 g/mol. The van der Waals surface area contributed by atoms with Gasteiger partial charge in [0.25, 0.3) is 0 Å². The van der Waals surface area contributed by atoms with Gasteiger partial charge in [-0.2, -0.15) is 0 Å². The summed E-state index contributed by atoms with van der Waals surface area (Å²) in [7, 11) is 0. The molecule has 8 rings (SSSR count). The lowest BCUT2D eigenvalue weighted by Crippen LogP contribution is -2.40. The van der Waals surface area contributed by atoms with Gasteiger partial charge in [0.15, 0.2) is 0 Å². The van der Waals surface area contributed by atoms with Crippen LogP contribution in [0.15, 0.2) is 54.6 Å². The molecule has 3 amide bonds. The Morgan fingerprint density at radius 3 is 2.16 bits per heavy atom. The molecule has 7 atom stereocenters. The van der Waals surface area contributed by atoms with Gasteiger partial charge in [-0.1, -0.05) is 24.3 Å². The van der Waals surface area contributed by atoms with Crippen LogP contribution in [0.3, 0.4) is 0 Å². The number of hydrogen-bond acceptors (Lipinski definition) is 5. The highest BCUT2D eigenvalue weighted by molar-refractivity contribution is 6.22. The fourth-order valence-electron chi connectivity index (χ4n) is 7.32. The number of carbonyl (C=O) groups excluding carboxylic acids is 4. The Kier molecular flexibility index (Phi) is 4.78. The third-order valence-corrected chi connectivity index (χ3v) is 8.93. The molecule has 2 aromatic carbocycles. The second kappa shape index (κ2) is 7.88. The van der Waals surface area contributed by atoms with Gasteiger partial charge in [0.2, 0.25) is 17.7 Å². The number of aryl methyl sites for hydroxylation is 2. The van der Waals surface area contributed by atoms with Crippen molar-refractivity contribution in [1.82, 2.24) is 0 Å². The lowest BCUT2D eigenvalue weighted by Gasteiger charge is -2.37. The molecule has 6 aliphatic rings. The van der Waals surface area contributed by atoms with Crippen molar-refractivity contribution < 1.29 is 23.9 Å². The van der Waals surface area contributed by atoms with Gasteiger partial charge in [-0.3, -0.25) is 19.2 Å². The van der Waals surface area contributed by atoms with Gasteiger partial charge in [0.05, 0.1) is 23.4 Å². The maximum atomic E-state index is 13.4. The summed E-state index contributed by atoms with van der Waals surface area (Å²) in [5.41, 5.74) is 3.32. The van der Waals surface area contributed by atoms with E-state index >= 15 is 0 Å². The van der Waals surface area contributed by atoms with Crippen molar-refractivity contribution in [1.29, 1.82) is 0 Å². The highest BCUT2D eigenvalue weighted by atomic mass is 16.5. The summed E-state index contributed by atoms with van der Waals surface area (Å²) >= 11 is 0. The Balaban J connectivity index is 1.08. The minimum Gasteiger partial charge on any atom is -0.426 e. The van der Waals surface area contributed by atoms with Crippen LogP contribution >= 0.6 is 0 Å². The lowest BCUT2D eigenvalue weighted by atomic mass is 9.63. The molecule has 4 aliphatic carbocycles. The topological polar surface area (TPSA) is 84.0 Å². The normalized spacial score (nSPS) is 33.1. The van der Waals surface area contributed by atoms with Crippen LogP contribution in [-0.2, 0) is 19.2 Å². The molecule has 0 aromatic heterocycles. The van der Waals surface area contributed by atoms with Crippen molar-refractivity contribution in [2.75, 3.05) is 16.3 Å². The van der Waals surface area contributed by atoms with E-state index < -0.39 is 11.9 Å². The average Bonchev–Trinajstić information content (AvgIpc) is 3.53. The summed E-state index contributed by atoms with van der Waals surface area (Å²) in [5.74, 6) is -0.396. The Morgan fingerprint density at radius 2 is 1.51 bits per heavy atom. The maximum Gasteiger partial charge on any atom is 0.316 e. The minimum atomic E-state index is -0.594. The minimum absolute atomic E-state index is 0.0794. The molecule has 188 valence electrons. The molecule has 0 spiro atoms. The molecule has 2 aromatic rings. The molecular weight excluding hydrogens is 468 g/mol. The molecule has 2 saturated heterocycles. The van der Waals surface area contributed by atoms with E-state index in [0.29, 0.717) is 17.5 Å². The smallest absolute Gasteiger partial charge is 0.316 e. The first-order chi connectivity index (χ1) is 17.8. The second-order valence-corrected chi connectivity index (χ2v) is 11.3. The first kappa shape index (κ1) is 22.5. The van der Waals surface area contributed by atoms with Crippen molar-refractivity contribution in [3.05, 3.63) is 65.7 Å². The number of hydrogen-bond donors (Lipinski definition) is 0. The third kappa shape index (κ3) is 3.40. The molecule has 7 nitrogen and oxygen atoms in total. The van der Waals surface area contributed by atoms with E-state index in [-0.39, 0.29) is 60.1 Å². The molecule has 0 radical (unpaired) electrons. The highest BCUT2D eigenvalue weighted by Crippen LogP contribution is 2.65. The fourth-order valence-corrected chi connectivity index (χ4v) is 7.32. The van der Waals surface area contributed by atoms with Crippen LogP contribution in [0.25, 0.3) is 0 Å². The van der Waals surface area contributed by atoms with Gasteiger partial charge in [0.1, 0.15) is 5.75 Å². The van der Waals surface area contributed by atoms with Gasteiger partial charge in [-0.25, -0.2) is 4.90 Å². The summed E-state index contributed by atoms with van der Waals surface area (Å²) in [6, 6.07) is 12.5. The Bertz CT molecular complexity index is 1360. The van der Waals surface area contributed by atoms with Gasteiger partial charge >= 0.3 is 5.97 Å². The molecule has 0 N–H and O–H groups in total. The number of imide groups is 1. The largest absolute Gasteiger partial charge is 0.426 e. The number of amides is 3. The summed E-state index contributed by atoms with van der Waals surface area (Å²) in [6.07, 6.45) is 5.50. The monoisotopic (exact) mass is 496 g/mol. The van der Waals surface area contributed by atoms with E-state index in [1.54, 1.807) is 29.2 Å². The second-order valence-electron chi connectivity index (χ2n) is 11.3. The van der Waals surface area contributed by atoms with Crippen LogP contribution in [0.2, 0.25) is 0 Å². The third-order valence-electron chi connectivity index (χ3n) is 8.93. The summed E-state index contributed by atoms with van der Waals surface area (Å²) in [5, 5.41) is 0. The number of anilines is 2. The number of rotatable bonds is 4. The number of nitrogens with zero attached hydrogens (tertiary/aromatic N) is 2. The fraction of sp³-hybridized carbons (Fsp3) is 0.400. The van der Waals surface area contributed by atoms with E-state index in [9.17, 15) is 19.2 Å². The van der Waals surface area contributed by atoms with Gasteiger partial charge < -0.3 is 9.64 Å². The molecule has 7 heteroatoms. The molecule has 0 unspecified atom stereocenters. The van der Waals surface area contributed by atoms with Crippen LogP contribution in [0.5, 0.6) is 5.75 Å². The zero-order chi connectivity index (χ0) is 25.6. The summed E-state index contributed by atoms with van der Waals surface area (Å²) in [6.45, 7) is 4.21. The van der Waals surface area contributed by atoms with E-state index in [4.69, 9.17) is 4.74 Å². The Morgan fingerprint density at radius 1 is 0.865 bits per heavy atom. The van der Waals surface area contributed by atoms with Gasteiger partial charge in [-0.15, -0.1) is 0 Å². The maximum absolute atomic E-state index is 13.4. The quantitative estimate of drug-likeness (QED) is 0.278. The van der Waals surface area contributed by atoms with Crippen LogP contribution in [-0.4, -0.2) is 30.2 Å². The Hall–Kier alpha value is -3.74. The molecular formula is C30H28N2O5. The van der Waals surface area contributed by atoms with Crippen molar-refractivity contribution in [2.24, 2.45) is 41.4 Å². The number of ether oxygens (including phenoxy) is 1. The van der Waals surface area contributed by atoms with Crippen LogP contribution < -0.4 is 14.5 Å². The number of benzene rings is 2. The van der Waals surface area contributed by atoms with E-state index in [0.717, 1.165) is 23.2 Å². The standard InChI is InChI=1S/C30H28N2O5/c1-15-8-16(2)10-19(9-15)31-14-17(11-25(31)33)30(36)37-20-5-3-4-18(12-20)32-28(34)26-21-6-7-22(24-13-23(21)24)27(26)29(32)35/h3-10,12,17,21-24,26-27H,11,13-14H2,1-2H3/t17-,21+,22+,23+,24+,26-,27+/m0/s1. The van der Waals surface area contributed by atoms with Crippen molar-refractivity contribution in [2.45, 2.75) is 26.7 Å². The molecule has 37 heavy (non-hydrogen) atoms. The van der Waals surface area contributed by atoms with Crippen LogP contribution in [0.4, 0.5) is 11.4 Å². The van der Waals surface area contributed by atoms with Crippen molar-refractivity contribution >= 4 is 35.1 Å². The van der Waals surface area contributed by atoms with E-state index in [1.165, 1.54) is 4.90 Å². The van der Waals surface area contributed by atoms with Crippen LogP contribution in [0.1, 0.15) is 24.0 Å². The number of allylic oxidation sites excluding steroid dienone is 2. The predicted molar refractivity (Wildman–Crippen MR) is 136 cm³/mol. The van der Waals surface area contributed by atoms with E-state index in [1.807, 2.05) is 32.0 Å². The van der Waals surface area contributed by atoms with Crippen molar-refractivity contribution in [3.8, 4) is 5.75 Å². The number of esters is 1. The van der Waals surface area contributed by atoms with Gasteiger partial charge in [0, 0.05) is 24.7 Å². The SMILES string of the molecule is Cc1cc(C)cc(N2C[C@@H](C(=O)Oc3cccc(N4C(=O)[C@@H]5[C@@H]6C=C[C@H]([C@H]7C[C@H]67)[C@@H]5C4=O)c3)CC2=O)c1. The van der Waals surface area contributed by atoms with E-state index in [2.05, 4.69) is 12.2 Å². The summed E-state index contributed by atoms with van der Waals surface area (Å²) < 4.78 is 5.67. The number of carbonyl (C=O) groups is 4. The highest BCUT2D eigenvalue weighted by Gasteiger charge is 2.67. The zero-order valence-corrected chi connectivity index (χ0v) is 20.8. The molecule has 2 bridgehead atoms. The summed E-state index contributed by atoms with van der Waals surface area (Å²) in [4.78, 5) is 55.5. The van der Waals surface area contributed by atoms with Crippen LogP contribution in [0, 0.1) is 55.3 Å². The zero-order valence-electron chi connectivity index (χ0n) is 20.8. The first-order valence-corrected chi connectivity index (χ1v) is 13.1. The molecule has 2 aliphatic heterocycles. The predicted octanol–water partition coefficient (Wildman–Crippen LogP) is 3.82. The molecule has 4 fully saturated rings. The van der Waals surface area contributed by atoms with Crippen molar-refractivity contribution in [3.63, 3.8) is 0 Å².